The highest BCUT2D eigenvalue weighted by molar-refractivity contribution is 5.93. The van der Waals surface area contributed by atoms with Gasteiger partial charge in [-0.25, -0.2) is 9.78 Å². The van der Waals surface area contributed by atoms with Crippen LogP contribution in [0.4, 0.5) is 5.82 Å². The van der Waals surface area contributed by atoms with Gasteiger partial charge in [-0.1, -0.05) is 13.3 Å². The molecular formula is C15H20N2O2. The van der Waals surface area contributed by atoms with Crippen molar-refractivity contribution in [2.24, 2.45) is 5.92 Å². The quantitative estimate of drug-likeness (QED) is 0.877. The highest BCUT2D eigenvalue weighted by atomic mass is 16.4. The standard InChI is InChI=1S/C15H20N2O2/c1-9-4-2-6-12(9)16-14-11(15(18)19)8-10-5-3-7-13(10)17-14/h8-9,12H,2-7H2,1H3,(H,16,17)(H,18,19). The van der Waals surface area contributed by atoms with Crippen molar-refractivity contribution in [2.75, 3.05) is 5.32 Å². The fraction of sp³-hybridized carbons (Fsp3) is 0.600. The van der Waals surface area contributed by atoms with Gasteiger partial charge in [0, 0.05) is 11.7 Å². The molecule has 0 bridgehead atoms. The normalized spacial score (nSPS) is 25.3. The number of carboxylic acid groups (broad SMARTS) is 1. The van der Waals surface area contributed by atoms with Crippen molar-refractivity contribution in [2.45, 2.75) is 51.5 Å². The van der Waals surface area contributed by atoms with Crippen LogP contribution in [0.2, 0.25) is 0 Å². The molecular weight excluding hydrogens is 240 g/mol. The van der Waals surface area contributed by atoms with E-state index in [1.165, 1.54) is 12.8 Å². The van der Waals surface area contributed by atoms with Gasteiger partial charge in [-0.15, -0.1) is 0 Å². The van der Waals surface area contributed by atoms with Crippen molar-refractivity contribution in [3.63, 3.8) is 0 Å². The fourth-order valence-corrected chi connectivity index (χ4v) is 3.28. The summed E-state index contributed by atoms with van der Waals surface area (Å²) in [7, 11) is 0. The summed E-state index contributed by atoms with van der Waals surface area (Å²) in [5.74, 6) is 0.291. The highest BCUT2D eigenvalue weighted by Gasteiger charge is 2.26. The van der Waals surface area contributed by atoms with Gasteiger partial charge in [0.15, 0.2) is 0 Å². The van der Waals surface area contributed by atoms with Crippen molar-refractivity contribution in [3.05, 3.63) is 22.9 Å². The summed E-state index contributed by atoms with van der Waals surface area (Å²) in [4.78, 5) is 16.0. The van der Waals surface area contributed by atoms with Crippen LogP contribution in [0.15, 0.2) is 6.07 Å². The van der Waals surface area contributed by atoms with E-state index in [1.807, 2.05) is 6.07 Å². The first-order valence-corrected chi connectivity index (χ1v) is 7.18. The van der Waals surface area contributed by atoms with Gasteiger partial charge in [0.25, 0.3) is 0 Å². The Hall–Kier alpha value is -1.58. The third-order valence-corrected chi connectivity index (χ3v) is 4.46. The number of pyridine rings is 1. The van der Waals surface area contributed by atoms with E-state index in [1.54, 1.807) is 0 Å². The second kappa shape index (κ2) is 4.83. The number of carboxylic acids is 1. The lowest BCUT2D eigenvalue weighted by Gasteiger charge is -2.20. The summed E-state index contributed by atoms with van der Waals surface area (Å²) >= 11 is 0. The molecule has 0 aliphatic heterocycles. The number of aromatic nitrogens is 1. The molecule has 2 N–H and O–H groups in total. The van der Waals surface area contributed by atoms with Gasteiger partial charge >= 0.3 is 5.97 Å². The molecule has 1 heterocycles. The minimum atomic E-state index is -0.879. The molecule has 4 nitrogen and oxygen atoms in total. The van der Waals surface area contributed by atoms with E-state index in [-0.39, 0.29) is 0 Å². The minimum absolute atomic E-state index is 0.333. The van der Waals surface area contributed by atoms with E-state index in [4.69, 9.17) is 0 Å². The molecule has 102 valence electrons. The van der Waals surface area contributed by atoms with Gasteiger partial charge in [-0.3, -0.25) is 0 Å². The second-order valence-electron chi connectivity index (χ2n) is 5.81. The van der Waals surface area contributed by atoms with Crippen LogP contribution in [0.5, 0.6) is 0 Å². The number of anilines is 1. The molecule has 2 aliphatic rings. The number of nitrogens with one attached hydrogen (secondary N) is 1. The Morgan fingerprint density at radius 3 is 2.89 bits per heavy atom. The second-order valence-corrected chi connectivity index (χ2v) is 5.81. The smallest absolute Gasteiger partial charge is 0.339 e. The summed E-state index contributed by atoms with van der Waals surface area (Å²) in [5, 5.41) is 12.7. The summed E-state index contributed by atoms with van der Waals surface area (Å²) in [6.45, 7) is 2.22. The average Bonchev–Trinajstić information content (AvgIpc) is 2.97. The topological polar surface area (TPSA) is 62.2 Å². The van der Waals surface area contributed by atoms with Gasteiger partial charge in [-0.2, -0.15) is 0 Å². The number of aromatic carboxylic acids is 1. The number of nitrogens with zero attached hydrogens (tertiary/aromatic N) is 1. The van der Waals surface area contributed by atoms with Gasteiger partial charge in [-0.05, 0) is 49.7 Å². The van der Waals surface area contributed by atoms with E-state index in [2.05, 4.69) is 17.2 Å². The van der Waals surface area contributed by atoms with Crippen LogP contribution in [-0.4, -0.2) is 22.1 Å². The maximum Gasteiger partial charge on any atom is 0.339 e. The maximum atomic E-state index is 11.4. The number of carbonyl (C=O) groups is 1. The largest absolute Gasteiger partial charge is 0.478 e. The predicted octanol–water partition coefficient (Wildman–Crippen LogP) is 2.87. The first-order valence-electron chi connectivity index (χ1n) is 7.18. The highest BCUT2D eigenvalue weighted by Crippen LogP contribution is 2.30. The molecule has 3 rings (SSSR count). The fourth-order valence-electron chi connectivity index (χ4n) is 3.28. The number of hydrogen-bond acceptors (Lipinski definition) is 3. The van der Waals surface area contributed by atoms with E-state index < -0.39 is 5.97 Å². The van der Waals surface area contributed by atoms with Gasteiger partial charge in [0.1, 0.15) is 11.4 Å². The molecule has 2 atom stereocenters. The molecule has 0 saturated heterocycles. The van der Waals surface area contributed by atoms with Crippen molar-refractivity contribution < 1.29 is 9.90 Å². The zero-order valence-electron chi connectivity index (χ0n) is 11.3. The molecule has 1 saturated carbocycles. The first-order chi connectivity index (χ1) is 9.15. The van der Waals surface area contributed by atoms with Crippen LogP contribution in [0, 0.1) is 5.92 Å². The number of rotatable bonds is 3. The molecule has 1 aromatic rings. The van der Waals surface area contributed by atoms with Crippen molar-refractivity contribution in [3.8, 4) is 0 Å². The minimum Gasteiger partial charge on any atom is -0.478 e. The third-order valence-electron chi connectivity index (χ3n) is 4.46. The lowest BCUT2D eigenvalue weighted by atomic mass is 10.1. The summed E-state index contributed by atoms with van der Waals surface area (Å²) < 4.78 is 0. The molecule has 2 aliphatic carbocycles. The molecule has 0 spiro atoms. The summed E-state index contributed by atoms with van der Waals surface area (Å²) in [6.07, 6.45) is 6.56. The number of hydrogen-bond donors (Lipinski definition) is 2. The van der Waals surface area contributed by atoms with Crippen LogP contribution in [0.1, 0.15) is 54.2 Å². The molecule has 0 radical (unpaired) electrons. The molecule has 1 aromatic heterocycles. The van der Waals surface area contributed by atoms with Crippen LogP contribution < -0.4 is 5.32 Å². The van der Waals surface area contributed by atoms with Gasteiger partial charge in [0.05, 0.1) is 0 Å². The van der Waals surface area contributed by atoms with Crippen LogP contribution >= 0.6 is 0 Å². The maximum absolute atomic E-state index is 11.4. The molecule has 1 fully saturated rings. The SMILES string of the molecule is CC1CCCC1Nc1nc2c(cc1C(=O)O)CCC2. The Morgan fingerprint density at radius 2 is 2.21 bits per heavy atom. The number of aryl methyl sites for hydroxylation is 2. The molecule has 0 aromatic carbocycles. The molecule has 4 heteroatoms. The van der Waals surface area contributed by atoms with Crippen LogP contribution in [-0.2, 0) is 12.8 Å². The zero-order chi connectivity index (χ0) is 13.4. The third kappa shape index (κ3) is 2.31. The van der Waals surface area contributed by atoms with E-state index in [9.17, 15) is 9.90 Å². The van der Waals surface area contributed by atoms with E-state index >= 15 is 0 Å². The van der Waals surface area contributed by atoms with Gasteiger partial charge < -0.3 is 10.4 Å². The van der Waals surface area contributed by atoms with E-state index in [0.29, 0.717) is 23.3 Å². The Bertz CT molecular complexity index is 513. The lowest BCUT2D eigenvalue weighted by Crippen LogP contribution is -2.24. The van der Waals surface area contributed by atoms with Crippen molar-refractivity contribution in [1.82, 2.24) is 4.98 Å². The zero-order valence-corrected chi connectivity index (χ0v) is 11.3. The Labute approximate surface area is 113 Å². The van der Waals surface area contributed by atoms with Crippen LogP contribution in [0.25, 0.3) is 0 Å². The Kier molecular flexibility index (Phi) is 3.17. The average molecular weight is 260 g/mol. The predicted molar refractivity (Wildman–Crippen MR) is 73.6 cm³/mol. The monoisotopic (exact) mass is 260 g/mol. The summed E-state index contributed by atoms with van der Waals surface area (Å²) in [5.41, 5.74) is 2.53. The van der Waals surface area contributed by atoms with E-state index in [0.717, 1.165) is 36.9 Å². The van der Waals surface area contributed by atoms with Crippen molar-refractivity contribution in [1.29, 1.82) is 0 Å². The van der Waals surface area contributed by atoms with Crippen LogP contribution in [0.3, 0.4) is 0 Å². The number of fused-ring (bicyclic) bond motifs is 1. The van der Waals surface area contributed by atoms with Gasteiger partial charge in [0.2, 0.25) is 0 Å². The lowest BCUT2D eigenvalue weighted by molar-refractivity contribution is 0.0697. The molecule has 19 heavy (non-hydrogen) atoms. The van der Waals surface area contributed by atoms with Crippen molar-refractivity contribution >= 4 is 11.8 Å². The molecule has 0 amide bonds. The Morgan fingerprint density at radius 1 is 1.37 bits per heavy atom. The molecule has 2 unspecified atom stereocenters. The summed E-state index contributed by atoms with van der Waals surface area (Å²) in [6, 6.07) is 2.18. The Balaban J connectivity index is 1.92. The first kappa shape index (κ1) is 12.5.